The SMILES string of the molecule is Cc1cccc(OCCCCn2c(=O)oc(=O)c3cc(Cl)cc(Cl)c32)c1C. The average molecular weight is 408 g/mol. The molecule has 0 fully saturated rings. The number of aryl methyl sites for hydroxylation is 2. The van der Waals surface area contributed by atoms with Gasteiger partial charge in [0.25, 0.3) is 0 Å². The number of nitrogens with zero attached hydrogens (tertiary/aromatic N) is 1. The molecule has 0 saturated heterocycles. The molecule has 27 heavy (non-hydrogen) atoms. The Morgan fingerprint density at radius 3 is 2.67 bits per heavy atom. The van der Waals surface area contributed by atoms with Gasteiger partial charge < -0.3 is 9.15 Å². The van der Waals surface area contributed by atoms with E-state index in [2.05, 4.69) is 0 Å². The third-order valence-corrected chi connectivity index (χ3v) is 5.01. The maximum absolute atomic E-state index is 12.1. The van der Waals surface area contributed by atoms with Gasteiger partial charge >= 0.3 is 11.4 Å². The van der Waals surface area contributed by atoms with Gasteiger partial charge in [0, 0.05) is 11.6 Å². The van der Waals surface area contributed by atoms with Crippen molar-refractivity contribution in [2.24, 2.45) is 0 Å². The second-order valence-electron chi connectivity index (χ2n) is 6.34. The van der Waals surface area contributed by atoms with Crippen molar-refractivity contribution in [1.29, 1.82) is 0 Å². The van der Waals surface area contributed by atoms with E-state index in [1.165, 1.54) is 22.3 Å². The van der Waals surface area contributed by atoms with Crippen LogP contribution >= 0.6 is 23.2 Å². The van der Waals surface area contributed by atoms with Crippen molar-refractivity contribution < 1.29 is 9.15 Å². The van der Waals surface area contributed by atoms with Crippen LogP contribution < -0.4 is 16.1 Å². The van der Waals surface area contributed by atoms with Gasteiger partial charge in [-0.05, 0) is 56.0 Å². The Kier molecular flexibility index (Phi) is 5.92. The van der Waals surface area contributed by atoms with Gasteiger partial charge in [-0.3, -0.25) is 4.57 Å². The summed E-state index contributed by atoms with van der Waals surface area (Å²) in [5.74, 6) is 0.133. The Hall–Kier alpha value is -2.24. The second-order valence-corrected chi connectivity index (χ2v) is 7.19. The Morgan fingerprint density at radius 2 is 1.89 bits per heavy atom. The van der Waals surface area contributed by atoms with Crippen molar-refractivity contribution in [1.82, 2.24) is 4.57 Å². The van der Waals surface area contributed by atoms with Crippen LogP contribution in [-0.4, -0.2) is 11.2 Å². The van der Waals surface area contributed by atoms with Crippen molar-refractivity contribution in [3.8, 4) is 5.75 Å². The van der Waals surface area contributed by atoms with Crippen molar-refractivity contribution in [2.45, 2.75) is 33.2 Å². The van der Waals surface area contributed by atoms with Gasteiger partial charge in [-0.15, -0.1) is 0 Å². The number of aromatic nitrogens is 1. The molecule has 0 amide bonds. The smallest absolute Gasteiger partial charge is 0.422 e. The molecule has 7 heteroatoms. The van der Waals surface area contributed by atoms with Gasteiger partial charge in [-0.2, -0.15) is 0 Å². The van der Waals surface area contributed by atoms with Crippen LogP contribution in [0.1, 0.15) is 24.0 Å². The molecule has 0 aliphatic carbocycles. The summed E-state index contributed by atoms with van der Waals surface area (Å²) < 4.78 is 12.0. The Labute approximate surface area is 166 Å². The van der Waals surface area contributed by atoms with Crippen molar-refractivity contribution in [2.75, 3.05) is 6.61 Å². The summed E-state index contributed by atoms with van der Waals surface area (Å²) in [7, 11) is 0. The van der Waals surface area contributed by atoms with Gasteiger partial charge in [0.1, 0.15) is 5.75 Å². The van der Waals surface area contributed by atoms with Crippen LogP contribution in [0.5, 0.6) is 5.75 Å². The highest BCUT2D eigenvalue weighted by Gasteiger charge is 2.13. The van der Waals surface area contributed by atoms with Crippen LogP contribution in [0.3, 0.4) is 0 Å². The monoisotopic (exact) mass is 407 g/mol. The standard InChI is InChI=1S/C20H19Cl2NO4/c1-12-6-5-7-17(13(12)2)26-9-4-3-8-23-18-15(19(24)27-20(23)25)10-14(21)11-16(18)22/h5-7,10-11H,3-4,8-9H2,1-2H3. The van der Waals surface area contributed by atoms with Gasteiger partial charge in [-0.25, -0.2) is 9.59 Å². The lowest BCUT2D eigenvalue weighted by molar-refractivity contribution is 0.299. The van der Waals surface area contributed by atoms with E-state index < -0.39 is 11.4 Å². The lowest BCUT2D eigenvalue weighted by Gasteiger charge is -2.12. The zero-order valence-corrected chi connectivity index (χ0v) is 16.6. The van der Waals surface area contributed by atoms with Crippen molar-refractivity contribution >= 4 is 34.1 Å². The van der Waals surface area contributed by atoms with Crippen LogP contribution in [0.25, 0.3) is 10.9 Å². The van der Waals surface area contributed by atoms with Crippen LogP contribution in [0, 0.1) is 13.8 Å². The van der Waals surface area contributed by atoms with Gasteiger partial charge in [0.15, 0.2) is 0 Å². The third kappa shape index (κ3) is 4.20. The number of hydrogen-bond acceptors (Lipinski definition) is 4. The second kappa shape index (κ2) is 8.19. The van der Waals surface area contributed by atoms with E-state index in [1.54, 1.807) is 0 Å². The summed E-state index contributed by atoms with van der Waals surface area (Å²) in [6, 6.07) is 8.90. The molecule has 0 saturated carbocycles. The predicted molar refractivity (Wildman–Crippen MR) is 107 cm³/mol. The van der Waals surface area contributed by atoms with Crippen LogP contribution in [-0.2, 0) is 6.54 Å². The minimum atomic E-state index is -0.742. The maximum Gasteiger partial charge on any atom is 0.422 e. The minimum absolute atomic E-state index is 0.193. The lowest BCUT2D eigenvalue weighted by Crippen LogP contribution is -2.25. The highest BCUT2D eigenvalue weighted by Crippen LogP contribution is 2.25. The molecule has 142 valence electrons. The molecule has 5 nitrogen and oxygen atoms in total. The molecule has 0 aliphatic rings. The van der Waals surface area contributed by atoms with E-state index in [0.29, 0.717) is 30.1 Å². The van der Waals surface area contributed by atoms with E-state index in [1.807, 2.05) is 32.0 Å². The van der Waals surface area contributed by atoms with Crippen molar-refractivity contribution in [3.05, 3.63) is 72.5 Å². The normalized spacial score (nSPS) is 11.1. The van der Waals surface area contributed by atoms with Gasteiger partial charge in [0.2, 0.25) is 0 Å². The highest BCUT2D eigenvalue weighted by atomic mass is 35.5. The average Bonchev–Trinajstić information content (AvgIpc) is 2.61. The fourth-order valence-corrected chi connectivity index (χ4v) is 3.51. The van der Waals surface area contributed by atoms with E-state index in [9.17, 15) is 9.59 Å². The molecule has 1 aromatic heterocycles. The first-order valence-electron chi connectivity index (χ1n) is 8.60. The number of benzene rings is 2. The topological polar surface area (TPSA) is 61.4 Å². The summed E-state index contributed by atoms with van der Waals surface area (Å²) in [6.07, 6.45) is 1.39. The number of rotatable bonds is 6. The molecule has 2 aromatic carbocycles. The molecule has 0 atom stereocenters. The molecular weight excluding hydrogens is 389 g/mol. The molecule has 0 bridgehead atoms. The van der Waals surface area contributed by atoms with Crippen molar-refractivity contribution in [3.63, 3.8) is 0 Å². The highest BCUT2D eigenvalue weighted by molar-refractivity contribution is 6.38. The van der Waals surface area contributed by atoms with E-state index in [-0.39, 0.29) is 10.4 Å². The molecule has 0 aliphatic heterocycles. The maximum atomic E-state index is 12.1. The Balaban J connectivity index is 1.71. The lowest BCUT2D eigenvalue weighted by atomic mass is 10.1. The number of fused-ring (bicyclic) bond motifs is 1. The largest absolute Gasteiger partial charge is 0.493 e. The fraction of sp³-hybridized carbons (Fsp3) is 0.300. The minimum Gasteiger partial charge on any atom is -0.493 e. The first-order valence-corrected chi connectivity index (χ1v) is 9.36. The summed E-state index contributed by atoms with van der Waals surface area (Å²) in [4.78, 5) is 24.1. The molecule has 0 unspecified atom stereocenters. The predicted octanol–water partition coefficient (Wildman–Crippen LogP) is 4.74. The molecule has 0 N–H and O–H groups in total. The number of hydrogen-bond donors (Lipinski definition) is 0. The summed E-state index contributed by atoms with van der Waals surface area (Å²) in [5.41, 5.74) is 1.90. The Morgan fingerprint density at radius 1 is 1.11 bits per heavy atom. The molecule has 0 spiro atoms. The van der Waals surface area contributed by atoms with Crippen LogP contribution in [0.2, 0.25) is 10.0 Å². The number of halogens is 2. The number of ether oxygens (including phenoxy) is 1. The van der Waals surface area contributed by atoms with Crippen LogP contribution in [0.4, 0.5) is 0 Å². The molecule has 3 rings (SSSR count). The van der Waals surface area contributed by atoms with E-state index in [4.69, 9.17) is 32.4 Å². The zero-order chi connectivity index (χ0) is 19.6. The summed E-state index contributed by atoms with van der Waals surface area (Å²) >= 11 is 12.2. The zero-order valence-electron chi connectivity index (χ0n) is 15.1. The van der Waals surface area contributed by atoms with E-state index in [0.717, 1.165) is 17.7 Å². The molecular formula is C20H19Cl2NO4. The van der Waals surface area contributed by atoms with Gasteiger partial charge in [-0.1, -0.05) is 35.3 Å². The first-order chi connectivity index (χ1) is 12.9. The van der Waals surface area contributed by atoms with Crippen LogP contribution in [0.15, 0.2) is 44.3 Å². The van der Waals surface area contributed by atoms with E-state index >= 15 is 0 Å². The third-order valence-electron chi connectivity index (χ3n) is 4.51. The summed E-state index contributed by atoms with van der Waals surface area (Å²) in [6.45, 7) is 4.94. The molecule has 1 heterocycles. The first kappa shape index (κ1) is 19.5. The molecule has 0 radical (unpaired) electrons. The number of unbranched alkanes of at least 4 members (excludes halogenated alkanes) is 1. The Bertz CT molecular complexity index is 1100. The molecule has 3 aromatic rings. The summed E-state index contributed by atoms with van der Waals surface area (Å²) in [5, 5.41) is 0.750. The fourth-order valence-electron chi connectivity index (χ4n) is 2.91. The quantitative estimate of drug-likeness (QED) is 0.553. The van der Waals surface area contributed by atoms with Gasteiger partial charge in [0.05, 0.1) is 22.5 Å².